The summed E-state index contributed by atoms with van der Waals surface area (Å²) in [6.45, 7) is 7.90. The van der Waals surface area contributed by atoms with Crippen LogP contribution in [0.2, 0.25) is 0 Å². The number of nitrogens with zero attached hydrogens (tertiary/aromatic N) is 3. The standard InChI is InChI=1S/C19H24N4O.C2H6/c24-17-9-3-1-2-7-15(17)18-21-16-8-5-4-6-14(16)19(22-18)23-12-10-20-11-13-23;1-2/h4-9,14,16,20,24H,1-3,10-13H2;1-2H3. The number of aliphatic hydroxyl groups is 1. The first-order chi connectivity index (χ1) is 12.8. The third-order valence-electron chi connectivity index (χ3n) is 4.95. The number of nitrogens with one attached hydrogen (secondary N) is 1. The lowest BCUT2D eigenvalue weighted by Crippen LogP contribution is -2.51. The van der Waals surface area contributed by atoms with Crippen molar-refractivity contribution < 1.29 is 5.11 Å². The van der Waals surface area contributed by atoms with E-state index >= 15 is 0 Å². The number of hydrogen-bond acceptors (Lipinski definition) is 5. The molecule has 0 saturated carbocycles. The van der Waals surface area contributed by atoms with Gasteiger partial charge in [-0.1, -0.05) is 44.2 Å². The van der Waals surface area contributed by atoms with Crippen molar-refractivity contribution in [3.63, 3.8) is 0 Å². The first kappa shape index (κ1) is 18.6. The number of aliphatic imine (C=N–C) groups is 2. The maximum absolute atomic E-state index is 10.4. The van der Waals surface area contributed by atoms with E-state index in [4.69, 9.17) is 9.98 Å². The Morgan fingerprint density at radius 1 is 1.08 bits per heavy atom. The molecule has 0 aromatic carbocycles. The van der Waals surface area contributed by atoms with Gasteiger partial charge in [-0.15, -0.1) is 0 Å². The lowest BCUT2D eigenvalue weighted by Gasteiger charge is -2.37. The average Bonchev–Trinajstić information content (AvgIpc) is 2.93. The van der Waals surface area contributed by atoms with Crippen molar-refractivity contribution in [2.75, 3.05) is 26.2 Å². The van der Waals surface area contributed by atoms with Crippen LogP contribution in [-0.2, 0) is 0 Å². The second-order valence-corrected chi connectivity index (χ2v) is 6.58. The van der Waals surface area contributed by atoms with Crippen molar-refractivity contribution in [2.24, 2.45) is 15.9 Å². The Kier molecular flexibility index (Phi) is 6.45. The van der Waals surface area contributed by atoms with E-state index in [0.29, 0.717) is 11.6 Å². The molecule has 2 aliphatic heterocycles. The van der Waals surface area contributed by atoms with Gasteiger partial charge in [0.05, 0.1) is 17.5 Å². The predicted molar refractivity (Wildman–Crippen MR) is 109 cm³/mol. The quantitative estimate of drug-likeness (QED) is 0.759. The number of piperazine rings is 1. The van der Waals surface area contributed by atoms with Crippen LogP contribution in [0.15, 0.2) is 57.8 Å². The zero-order chi connectivity index (χ0) is 18.4. The van der Waals surface area contributed by atoms with Crippen molar-refractivity contribution in [1.82, 2.24) is 10.2 Å². The second kappa shape index (κ2) is 8.99. The van der Waals surface area contributed by atoms with Gasteiger partial charge >= 0.3 is 0 Å². The third-order valence-corrected chi connectivity index (χ3v) is 4.95. The number of allylic oxidation sites excluding steroid dienone is 4. The lowest BCUT2D eigenvalue weighted by atomic mass is 9.91. The third kappa shape index (κ3) is 3.98. The Labute approximate surface area is 156 Å². The highest BCUT2D eigenvalue weighted by molar-refractivity contribution is 6.11. The molecule has 2 heterocycles. The summed E-state index contributed by atoms with van der Waals surface area (Å²) in [6.07, 6.45) is 15.4. The van der Waals surface area contributed by atoms with Crippen molar-refractivity contribution in [1.29, 1.82) is 0 Å². The van der Waals surface area contributed by atoms with Gasteiger partial charge in [0, 0.05) is 26.2 Å². The van der Waals surface area contributed by atoms with E-state index in [9.17, 15) is 5.11 Å². The van der Waals surface area contributed by atoms with Crippen molar-refractivity contribution in [3.05, 3.63) is 47.8 Å². The summed E-state index contributed by atoms with van der Waals surface area (Å²) in [5, 5.41) is 13.8. The fraction of sp³-hybridized carbons (Fsp3) is 0.524. The normalized spacial score (nSPS) is 27.8. The first-order valence-electron chi connectivity index (χ1n) is 9.90. The Bertz CT molecular complexity index is 678. The van der Waals surface area contributed by atoms with E-state index in [1.807, 2.05) is 19.9 Å². The molecule has 26 heavy (non-hydrogen) atoms. The van der Waals surface area contributed by atoms with Gasteiger partial charge in [0.2, 0.25) is 0 Å². The van der Waals surface area contributed by atoms with Crippen LogP contribution in [-0.4, -0.2) is 53.9 Å². The zero-order valence-electron chi connectivity index (χ0n) is 15.9. The maximum atomic E-state index is 10.4. The summed E-state index contributed by atoms with van der Waals surface area (Å²) in [5.41, 5.74) is 0.793. The molecular formula is C21H30N4O. The predicted octanol–water partition coefficient (Wildman–Crippen LogP) is 3.39. The van der Waals surface area contributed by atoms with Crippen LogP contribution in [0, 0.1) is 5.92 Å². The molecule has 0 spiro atoms. The monoisotopic (exact) mass is 354 g/mol. The highest BCUT2D eigenvalue weighted by Gasteiger charge is 2.33. The Balaban J connectivity index is 0.000000948. The van der Waals surface area contributed by atoms with Crippen LogP contribution in [0.5, 0.6) is 0 Å². The molecule has 4 rings (SSSR count). The van der Waals surface area contributed by atoms with Crippen molar-refractivity contribution in [3.8, 4) is 0 Å². The summed E-state index contributed by atoms with van der Waals surface area (Å²) in [5.74, 6) is 2.29. The first-order valence-corrected chi connectivity index (χ1v) is 9.90. The molecule has 0 aromatic heterocycles. The number of amidine groups is 2. The number of rotatable bonds is 1. The minimum atomic E-state index is 0.0735. The molecule has 0 bridgehead atoms. The SMILES string of the molecule is CC.OC1=CCCCC=C1C1=NC2C=CC=CC2C(N2CCNCC2)=N1. The lowest BCUT2D eigenvalue weighted by molar-refractivity contribution is 0.342. The minimum Gasteiger partial charge on any atom is -0.508 e. The van der Waals surface area contributed by atoms with Crippen molar-refractivity contribution >= 4 is 11.7 Å². The molecule has 4 aliphatic rings. The van der Waals surface area contributed by atoms with E-state index < -0.39 is 0 Å². The summed E-state index contributed by atoms with van der Waals surface area (Å²) in [6, 6.07) is 0.0735. The molecule has 0 radical (unpaired) electrons. The Morgan fingerprint density at radius 3 is 2.62 bits per heavy atom. The number of aliphatic hydroxyl groups excluding tert-OH is 1. The van der Waals surface area contributed by atoms with Crippen LogP contribution in [0.3, 0.4) is 0 Å². The summed E-state index contributed by atoms with van der Waals surface area (Å²) in [4.78, 5) is 12.1. The smallest absolute Gasteiger partial charge is 0.160 e. The van der Waals surface area contributed by atoms with Crippen LogP contribution >= 0.6 is 0 Å². The molecule has 2 unspecified atom stereocenters. The molecule has 2 N–H and O–H groups in total. The van der Waals surface area contributed by atoms with E-state index in [1.54, 1.807) is 0 Å². The van der Waals surface area contributed by atoms with Gasteiger partial charge in [0.25, 0.3) is 0 Å². The highest BCUT2D eigenvalue weighted by atomic mass is 16.3. The van der Waals surface area contributed by atoms with Gasteiger partial charge in [0.1, 0.15) is 11.6 Å². The average molecular weight is 354 g/mol. The summed E-state index contributed by atoms with van der Waals surface area (Å²) < 4.78 is 0. The van der Waals surface area contributed by atoms with Gasteiger partial charge in [-0.05, 0) is 25.3 Å². The van der Waals surface area contributed by atoms with Gasteiger partial charge in [-0.2, -0.15) is 0 Å². The Morgan fingerprint density at radius 2 is 1.81 bits per heavy atom. The van der Waals surface area contributed by atoms with Crippen LogP contribution < -0.4 is 5.32 Å². The van der Waals surface area contributed by atoms with Gasteiger partial charge in [-0.3, -0.25) is 4.99 Å². The van der Waals surface area contributed by atoms with Gasteiger partial charge in [-0.25, -0.2) is 4.99 Å². The second-order valence-electron chi connectivity index (χ2n) is 6.58. The topological polar surface area (TPSA) is 60.2 Å². The summed E-state index contributed by atoms with van der Waals surface area (Å²) >= 11 is 0. The molecule has 5 heteroatoms. The van der Waals surface area contributed by atoms with Gasteiger partial charge in [0.15, 0.2) is 5.84 Å². The fourth-order valence-corrected chi connectivity index (χ4v) is 3.64. The molecule has 2 atom stereocenters. The van der Waals surface area contributed by atoms with Crippen molar-refractivity contribution in [2.45, 2.75) is 39.2 Å². The minimum absolute atomic E-state index is 0.0735. The molecule has 140 valence electrons. The molecule has 0 aromatic rings. The molecule has 2 aliphatic carbocycles. The fourth-order valence-electron chi connectivity index (χ4n) is 3.64. The van der Waals surface area contributed by atoms with Crippen LogP contribution in [0.1, 0.15) is 33.1 Å². The molecule has 1 fully saturated rings. The molecular weight excluding hydrogens is 324 g/mol. The number of fused-ring (bicyclic) bond motifs is 1. The number of hydrogen-bond donors (Lipinski definition) is 2. The summed E-state index contributed by atoms with van der Waals surface area (Å²) in [7, 11) is 0. The van der Waals surface area contributed by atoms with E-state index in [1.165, 1.54) is 0 Å². The largest absolute Gasteiger partial charge is 0.508 e. The maximum Gasteiger partial charge on any atom is 0.160 e. The molecule has 1 saturated heterocycles. The van der Waals surface area contributed by atoms with Gasteiger partial charge < -0.3 is 15.3 Å². The van der Waals surface area contributed by atoms with E-state index in [2.05, 4.69) is 40.6 Å². The zero-order valence-corrected chi connectivity index (χ0v) is 15.9. The highest BCUT2D eigenvalue weighted by Crippen LogP contribution is 2.28. The van der Waals surface area contributed by atoms with Crippen LogP contribution in [0.4, 0.5) is 0 Å². The van der Waals surface area contributed by atoms with E-state index in [-0.39, 0.29) is 12.0 Å². The van der Waals surface area contributed by atoms with E-state index in [0.717, 1.165) is 56.9 Å². The Hall–Kier alpha value is -2.14. The molecule has 5 nitrogen and oxygen atoms in total. The van der Waals surface area contributed by atoms with Crippen LogP contribution in [0.25, 0.3) is 0 Å². The molecule has 0 amide bonds.